The average Bonchev–Trinajstić information content (AvgIpc) is 2.78. The van der Waals surface area contributed by atoms with E-state index in [1.807, 2.05) is 0 Å². The summed E-state index contributed by atoms with van der Waals surface area (Å²) in [6.45, 7) is 2.33. The summed E-state index contributed by atoms with van der Waals surface area (Å²) >= 11 is 0. The van der Waals surface area contributed by atoms with E-state index in [1.165, 1.54) is 31.4 Å². The van der Waals surface area contributed by atoms with E-state index in [1.54, 1.807) is 0 Å². The van der Waals surface area contributed by atoms with Crippen molar-refractivity contribution in [3.05, 3.63) is 24.0 Å². The first-order valence-electron chi connectivity index (χ1n) is 6.31. The van der Waals surface area contributed by atoms with Crippen molar-refractivity contribution in [2.45, 2.75) is 51.0 Å². The lowest BCUT2D eigenvalue weighted by Crippen LogP contribution is -2.34. The lowest BCUT2D eigenvalue weighted by molar-refractivity contribution is -0.0312. The predicted molar refractivity (Wildman–Crippen MR) is 61.4 cm³/mol. The van der Waals surface area contributed by atoms with E-state index < -0.39 is 0 Å². The molecule has 2 saturated carbocycles. The van der Waals surface area contributed by atoms with Gasteiger partial charge >= 0.3 is 0 Å². The van der Waals surface area contributed by atoms with E-state index in [4.69, 9.17) is 4.74 Å². The van der Waals surface area contributed by atoms with Gasteiger partial charge in [0.2, 0.25) is 0 Å². The van der Waals surface area contributed by atoms with Crippen LogP contribution in [0.1, 0.15) is 45.4 Å². The van der Waals surface area contributed by atoms with Gasteiger partial charge in [-0.25, -0.2) is 0 Å². The highest BCUT2D eigenvalue weighted by Crippen LogP contribution is 2.53. The van der Waals surface area contributed by atoms with Crippen molar-refractivity contribution in [2.75, 3.05) is 0 Å². The van der Waals surface area contributed by atoms with Crippen LogP contribution in [0.2, 0.25) is 0 Å². The summed E-state index contributed by atoms with van der Waals surface area (Å²) in [6.07, 6.45) is 14.3. The van der Waals surface area contributed by atoms with E-state index in [0.29, 0.717) is 0 Å². The minimum atomic E-state index is 0.167. The average molecular weight is 204 g/mol. The summed E-state index contributed by atoms with van der Waals surface area (Å²) in [5, 5.41) is 0. The van der Waals surface area contributed by atoms with E-state index >= 15 is 0 Å². The fourth-order valence-corrected chi connectivity index (χ4v) is 3.64. The minimum absolute atomic E-state index is 0.167. The molecule has 2 bridgehead atoms. The van der Waals surface area contributed by atoms with Gasteiger partial charge in [-0.2, -0.15) is 0 Å². The summed E-state index contributed by atoms with van der Waals surface area (Å²) in [6, 6.07) is 0. The Hall–Kier alpha value is -0.720. The largest absolute Gasteiger partial charge is 0.492 e. The molecule has 3 aliphatic rings. The third kappa shape index (κ3) is 1.62. The Morgan fingerprint density at radius 1 is 1.40 bits per heavy atom. The molecule has 82 valence electrons. The Bertz CT molecular complexity index is 315. The molecular weight excluding hydrogens is 184 g/mol. The van der Waals surface area contributed by atoms with Crippen molar-refractivity contribution in [3.63, 3.8) is 0 Å². The van der Waals surface area contributed by atoms with Crippen molar-refractivity contribution in [3.8, 4) is 0 Å². The molecule has 3 unspecified atom stereocenters. The molecule has 3 rings (SSSR count). The third-order valence-electron chi connectivity index (χ3n) is 4.44. The van der Waals surface area contributed by atoms with Gasteiger partial charge in [0.05, 0.1) is 5.76 Å². The second kappa shape index (κ2) is 3.40. The maximum Gasteiger partial charge on any atom is 0.109 e. The van der Waals surface area contributed by atoms with Gasteiger partial charge in [0.1, 0.15) is 5.60 Å². The standard InChI is InChI=1S/C14H20O/c1-14(10-11-7-8-12(14)9-11)15-13-5-3-2-4-6-13/h2-3,5,11-12H,4,6-10H2,1H3. The van der Waals surface area contributed by atoms with E-state index in [2.05, 4.69) is 25.2 Å². The van der Waals surface area contributed by atoms with Crippen LogP contribution >= 0.6 is 0 Å². The molecule has 15 heavy (non-hydrogen) atoms. The van der Waals surface area contributed by atoms with E-state index in [9.17, 15) is 0 Å². The van der Waals surface area contributed by atoms with Gasteiger partial charge in [-0.15, -0.1) is 0 Å². The highest BCUT2D eigenvalue weighted by Gasteiger charge is 2.49. The van der Waals surface area contributed by atoms with Crippen LogP contribution in [0.3, 0.4) is 0 Å². The maximum absolute atomic E-state index is 6.28. The molecule has 0 aliphatic heterocycles. The molecule has 0 spiro atoms. The van der Waals surface area contributed by atoms with E-state index in [-0.39, 0.29) is 5.60 Å². The molecule has 0 aromatic rings. The Balaban J connectivity index is 1.72. The molecule has 3 aliphatic carbocycles. The number of ether oxygens (including phenoxy) is 1. The normalized spacial score (nSPS) is 43.1. The first-order chi connectivity index (χ1) is 7.26. The van der Waals surface area contributed by atoms with Crippen molar-refractivity contribution in [1.82, 2.24) is 0 Å². The molecule has 2 fully saturated rings. The summed E-state index contributed by atoms with van der Waals surface area (Å²) in [5.41, 5.74) is 0.167. The molecule has 0 saturated heterocycles. The number of hydrogen-bond acceptors (Lipinski definition) is 1. The van der Waals surface area contributed by atoms with Crippen LogP contribution in [0.15, 0.2) is 24.0 Å². The van der Waals surface area contributed by atoms with Crippen LogP contribution in [0.5, 0.6) is 0 Å². The summed E-state index contributed by atoms with van der Waals surface area (Å²) in [7, 11) is 0. The lowest BCUT2D eigenvalue weighted by atomic mass is 9.85. The van der Waals surface area contributed by atoms with Gasteiger partial charge in [0.15, 0.2) is 0 Å². The molecule has 0 aromatic carbocycles. The number of fused-ring (bicyclic) bond motifs is 2. The number of allylic oxidation sites excluding steroid dienone is 4. The van der Waals surface area contributed by atoms with Crippen LogP contribution in [0.4, 0.5) is 0 Å². The smallest absolute Gasteiger partial charge is 0.109 e. The van der Waals surface area contributed by atoms with Crippen LogP contribution in [0.25, 0.3) is 0 Å². The minimum Gasteiger partial charge on any atom is -0.492 e. The predicted octanol–water partition coefficient (Wildman–Crippen LogP) is 3.82. The monoisotopic (exact) mass is 204 g/mol. The molecule has 0 aromatic heterocycles. The molecule has 0 N–H and O–H groups in total. The zero-order valence-corrected chi connectivity index (χ0v) is 9.54. The maximum atomic E-state index is 6.28. The van der Waals surface area contributed by atoms with E-state index in [0.717, 1.165) is 24.7 Å². The Morgan fingerprint density at radius 2 is 2.33 bits per heavy atom. The van der Waals surface area contributed by atoms with Crippen molar-refractivity contribution < 1.29 is 4.74 Å². The zero-order chi connectivity index (χ0) is 10.3. The summed E-state index contributed by atoms with van der Waals surface area (Å²) in [4.78, 5) is 0. The van der Waals surface area contributed by atoms with Gasteiger partial charge < -0.3 is 4.74 Å². The highest BCUT2D eigenvalue weighted by molar-refractivity contribution is 5.15. The third-order valence-corrected chi connectivity index (χ3v) is 4.44. The van der Waals surface area contributed by atoms with Gasteiger partial charge in [0, 0.05) is 6.42 Å². The molecular formula is C14H20O. The zero-order valence-electron chi connectivity index (χ0n) is 9.54. The van der Waals surface area contributed by atoms with Gasteiger partial charge in [-0.05, 0) is 56.9 Å². The fraction of sp³-hybridized carbons (Fsp3) is 0.714. The van der Waals surface area contributed by atoms with Gasteiger partial charge in [-0.1, -0.05) is 12.2 Å². The van der Waals surface area contributed by atoms with Crippen molar-refractivity contribution >= 4 is 0 Å². The number of hydrogen-bond donors (Lipinski definition) is 0. The lowest BCUT2D eigenvalue weighted by Gasteiger charge is -2.36. The first-order valence-corrected chi connectivity index (χ1v) is 6.31. The molecule has 1 nitrogen and oxygen atoms in total. The Kier molecular flexibility index (Phi) is 2.15. The Labute approximate surface area is 92.2 Å². The summed E-state index contributed by atoms with van der Waals surface area (Å²) in [5.74, 6) is 3.00. The van der Waals surface area contributed by atoms with Crippen LogP contribution in [-0.2, 0) is 4.74 Å². The quantitative estimate of drug-likeness (QED) is 0.664. The van der Waals surface area contributed by atoms with Crippen LogP contribution in [0, 0.1) is 11.8 Å². The topological polar surface area (TPSA) is 9.23 Å². The van der Waals surface area contributed by atoms with Gasteiger partial charge in [-0.3, -0.25) is 0 Å². The highest BCUT2D eigenvalue weighted by atomic mass is 16.5. The molecule has 0 heterocycles. The molecule has 0 radical (unpaired) electrons. The molecule has 1 heteroatoms. The van der Waals surface area contributed by atoms with Crippen LogP contribution < -0.4 is 0 Å². The SMILES string of the molecule is CC1(OC2=CC=CCC2)CC2CCC1C2. The van der Waals surface area contributed by atoms with Crippen molar-refractivity contribution in [1.29, 1.82) is 0 Å². The van der Waals surface area contributed by atoms with Crippen molar-refractivity contribution in [2.24, 2.45) is 11.8 Å². The molecule has 0 amide bonds. The first kappa shape index (κ1) is 9.50. The van der Waals surface area contributed by atoms with Crippen LogP contribution in [-0.4, -0.2) is 5.60 Å². The molecule has 3 atom stereocenters. The van der Waals surface area contributed by atoms with Gasteiger partial charge in [0.25, 0.3) is 0 Å². The summed E-state index contributed by atoms with van der Waals surface area (Å²) < 4.78 is 6.28. The number of rotatable bonds is 2. The second-order valence-electron chi connectivity index (χ2n) is 5.59. The fourth-order valence-electron chi connectivity index (χ4n) is 3.64. The Morgan fingerprint density at radius 3 is 2.93 bits per heavy atom. The second-order valence-corrected chi connectivity index (χ2v) is 5.59.